The van der Waals surface area contributed by atoms with Crippen LogP contribution in [0.4, 0.5) is 0 Å². The molecule has 0 saturated carbocycles. The van der Waals surface area contributed by atoms with Gasteiger partial charge in [0.25, 0.3) is 0 Å². The number of rotatable bonds is 6. The SMILES string of the molecule is c1ccc(-c2cc(-c3cc(-c4ccccc4)cc(-n4c5ccccc5c5cc(-n6c7ccccc7c7ccccc76)ccc54)c3)cc(C3c4ccccc4-c4ccccc43)c2)cc1. The maximum absolute atomic E-state index is 2.47. The molecule has 0 aliphatic heterocycles. The summed E-state index contributed by atoms with van der Waals surface area (Å²) in [5.41, 5.74) is 20.9. The number of benzene rings is 10. The molecule has 0 unspecified atom stereocenters. The third kappa shape index (κ3) is 5.65. The third-order valence-electron chi connectivity index (χ3n) is 13.3. The van der Waals surface area contributed by atoms with Gasteiger partial charge >= 0.3 is 0 Å². The summed E-state index contributed by atoms with van der Waals surface area (Å²) >= 11 is 0. The van der Waals surface area contributed by atoms with Gasteiger partial charge in [-0.25, -0.2) is 0 Å². The molecule has 0 bridgehead atoms. The number of hydrogen-bond acceptors (Lipinski definition) is 0. The second kappa shape index (κ2) is 14.2. The van der Waals surface area contributed by atoms with Crippen LogP contribution in [-0.4, -0.2) is 9.13 Å². The van der Waals surface area contributed by atoms with E-state index in [4.69, 9.17) is 0 Å². The van der Waals surface area contributed by atoms with Crippen LogP contribution in [0.2, 0.25) is 0 Å². The van der Waals surface area contributed by atoms with E-state index in [2.05, 4.69) is 246 Å². The maximum Gasteiger partial charge on any atom is 0.0542 e. The van der Waals surface area contributed by atoms with E-state index < -0.39 is 0 Å². The normalized spacial score (nSPS) is 12.4. The smallest absolute Gasteiger partial charge is 0.0542 e. The highest BCUT2D eigenvalue weighted by Gasteiger charge is 2.30. The summed E-state index contributed by atoms with van der Waals surface area (Å²) in [7, 11) is 0. The first-order valence-electron chi connectivity index (χ1n) is 21.9. The van der Waals surface area contributed by atoms with Crippen molar-refractivity contribution in [3.8, 4) is 55.9 Å². The minimum absolute atomic E-state index is 0.123. The quantitative estimate of drug-likeness (QED) is 0.159. The lowest BCUT2D eigenvalue weighted by Gasteiger charge is -2.19. The molecule has 0 amide bonds. The fraction of sp³-hybridized carbons (Fsp3) is 0.0164. The highest BCUT2D eigenvalue weighted by atomic mass is 15.0. The van der Waals surface area contributed by atoms with Gasteiger partial charge in [-0.05, 0) is 122 Å². The molecule has 10 aromatic carbocycles. The van der Waals surface area contributed by atoms with Gasteiger partial charge in [0.05, 0.1) is 22.1 Å². The van der Waals surface area contributed by atoms with Gasteiger partial charge in [-0.3, -0.25) is 0 Å². The van der Waals surface area contributed by atoms with E-state index in [1.54, 1.807) is 0 Å². The van der Waals surface area contributed by atoms with Crippen molar-refractivity contribution in [1.29, 1.82) is 0 Å². The zero-order valence-corrected chi connectivity index (χ0v) is 34.5. The first kappa shape index (κ1) is 35.5. The summed E-state index contributed by atoms with van der Waals surface area (Å²) in [5.74, 6) is 0.123. The van der Waals surface area contributed by atoms with Crippen molar-refractivity contribution in [2.75, 3.05) is 0 Å². The molecule has 12 aromatic rings. The molecule has 1 aliphatic carbocycles. The van der Waals surface area contributed by atoms with Crippen molar-refractivity contribution in [3.05, 3.63) is 253 Å². The molecule has 1 aliphatic rings. The molecular formula is C61H40N2. The monoisotopic (exact) mass is 800 g/mol. The average molecular weight is 801 g/mol. The van der Waals surface area contributed by atoms with Gasteiger partial charge in [-0.15, -0.1) is 0 Å². The summed E-state index contributed by atoms with van der Waals surface area (Å²) in [6.07, 6.45) is 0. The first-order chi connectivity index (χ1) is 31.2. The Labute approximate surface area is 366 Å². The maximum atomic E-state index is 2.47. The highest BCUT2D eigenvalue weighted by Crippen LogP contribution is 2.49. The Kier molecular flexibility index (Phi) is 8.01. The summed E-state index contributed by atoms with van der Waals surface area (Å²) in [4.78, 5) is 0. The van der Waals surface area contributed by atoms with Crippen molar-refractivity contribution in [2.45, 2.75) is 5.92 Å². The van der Waals surface area contributed by atoms with Crippen molar-refractivity contribution in [1.82, 2.24) is 9.13 Å². The Morgan fingerprint density at radius 2 is 0.651 bits per heavy atom. The van der Waals surface area contributed by atoms with Crippen LogP contribution in [0, 0.1) is 0 Å². The molecule has 2 nitrogen and oxygen atoms in total. The molecule has 2 heteroatoms. The minimum atomic E-state index is 0.123. The lowest BCUT2D eigenvalue weighted by Crippen LogP contribution is -2.01. The van der Waals surface area contributed by atoms with Crippen LogP contribution in [0.1, 0.15) is 22.6 Å². The molecule has 63 heavy (non-hydrogen) atoms. The van der Waals surface area contributed by atoms with E-state index in [1.165, 1.54) is 105 Å². The lowest BCUT2D eigenvalue weighted by atomic mass is 9.85. The van der Waals surface area contributed by atoms with Crippen molar-refractivity contribution in [2.24, 2.45) is 0 Å². The molecule has 2 aromatic heterocycles. The van der Waals surface area contributed by atoms with Crippen LogP contribution in [0.5, 0.6) is 0 Å². The first-order valence-corrected chi connectivity index (χ1v) is 21.9. The fourth-order valence-corrected chi connectivity index (χ4v) is 10.6. The zero-order valence-electron chi connectivity index (χ0n) is 34.5. The Hall–Kier alpha value is -8.20. The lowest BCUT2D eigenvalue weighted by molar-refractivity contribution is 1.02. The summed E-state index contributed by atoms with van der Waals surface area (Å²) in [5, 5.41) is 4.99. The van der Waals surface area contributed by atoms with Crippen LogP contribution >= 0.6 is 0 Å². The predicted octanol–water partition coefficient (Wildman–Crippen LogP) is 16.0. The summed E-state index contributed by atoms with van der Waals surface area (Å²) in [6, 6.07) is 87.4. The molecule has 2 heterocycles. The van der Waals surface area contributed by atoms with Gasteiger partial charge in [0.1, 0.15) is 0 Å². The van der Waals surface area contributed by atoms with Crippen molar-refractivity contribution < 1.29 is 0 Å². The van der Waals surface area contributed by atoms with Gasteiger partial charge in [0.15, 0.2) is 0 Å². The van der Waals surface area contributed by atoms with Gasteiger partial charge in [0, 0.05) is 38.8 Å². The van der Waals surface area contributed by atoms with E-state index in [0.29, 0.717) is 0 Å². The fourth-order valence-electron chi connectivity index (χ4n) is 10.6. The number of para-hydroxylation sites is 3. The third-order valence-corrected chi connectivity index (χ3v) is 13.3. The Morgan fingerprint density at radius 1 is 0.254 bits per heavy atom. The molecule has 0 N–H and O–H groups in total. The number of aromatic nitrogens is 2. The largest absolute Gasteiger partial charge is 0.309 e. The Balaban J connectivity index is 1.05. The molecule has 0 atom stereocenters. The number of fused-ring (bicyclic) bond motifs is 9. The molecule has 294 valence electrons. The topological polar surface area (TPSA) is 9.86 Å². The van der Waals surface area contributed by atoms with Crippen LogP contribution in [0.25, 0.3) is 99.5 Å². The highest BCUT2D eigenvalue weighted by molar-refractivity contribution is 6.12. The molecule has 0 saturated heterocycles. The Bertz CT molecular complexity index is 3640. The van der Waals surface area contributed by atoms with Gasteiger partial charge in [0.2, 0.25) is 0 Å². The van der Waals surface area contributed by atoms with Crippen molar-refractivity contribution in [3.63, 3.8) is 0 Å². The van der Waals surface area contributed by atoms with Crippen LogP contribution in [0.3, 0.4) is 0 Å². The Morgan fingerprint density at radius 3 is 1.21 bits per heavy atom. The molecule has 0 radical (unpaired) electrons. The predicted molar refractivity (Wildman–Crippen MR) is 264 cm³/mol. The zero-order chi connectivity index (χ0) is 41.4. The molecular weight excluding hydrogens is 761 g/mol. The van der Waals surface area contributed by atoms with E-state index in [0.717, 1.165) is 11.4 Å². The number of nitrogens with zero attached hydrogens (tertiary/aromatic N) is 2. The van der Waals surface area contributed by atoms with Crippen molar-refractivity contribution >= 4 is 43.6 Å². The standard InChI is InChI=1S/C61H40N2/c1-3-17-40(18-4-1)42-33-43(36-46(35-42)61-54-26-9-7-21-49(54)50-22-8-10-27-55(50)61)45-34-44(41-19-5-2-6-20-41)37-48(38-45)63-59-30-16-13-25-53(59)56-39-47(31-32-60(56)63)62-57-28-14-11-23-51(57)52-24-12-15-29-58(52)62/h1-39,61H. The summed E-state index contributed by atoms with van der Waals surface area (Å²) < 4.78 is 4.89. The second-order valence-electron chi connectivity index (χ2n) is 16.9. The summed E-state index contributed by atoms with van der Waals surface area (Å²) in [6.45, 7) is 0. The van der Waals surface area contributed by atoms with E-state index in [-0.39, 0.29) is 5.92 Å². The van der Waals surface area contributed by atoms with Gasteiger partial charge < -0.3 is 9.13 Å². The molecule has 13 rings (SSSR count). The second-order valence-corrected chi connectivity index (χ2v) is 16.9. The molecule has 0 fully saturated rings. The van der Waals surface area contributed by atoms with E-state index in [1.807, 2.05) is 0 Å². The average Bonchev–Trinajstić information content (AvgIpc) is 4.00. The van der Waals surface area contributed by atoms with E-state index >= 15 is 0 Å². The van der Waals surface area contributed by atoms with Crippen LogP contribution in [-0.2, 0) is 0 Å². The van der Waals surface area contributed by atoms with E-state index in [9.17, 15) is 0 Å². The minimum Gasteiger partial charge on any atom is -0.309 e. The van der Waals surface area contributed by atoms with Crippen LogP contribution < -0.4 is 0 Å². The van der Waals surface area contributed by atoms with Crippen LogP contribution in [0.15, 0.2) is 237 Å². The molecule has 0 spiro atoms. The van der Waals surface area contributed by atoms with Gasteiger partial charge in [-0.1, -0.05) is 176 Å². The van der Waals surface area contributed by atoms with Gasteiger partial charge in [-0.2, -0.15) is 0 Å². The number of hydrogen-bond donors (Lipinski definition) is 0.